The van der Waals surface area contributed by atoms with Crippen molar-refractivity contribution in [3.05, 3.63) is 23.3 Å². The molecule has 0 bridgehead atoms. The minimum Gasteiger partial charge on any atom is -0.209 e. The summed E-state index contributed by atoms with van der Waals surface area (Å²) in [5.74, 6) is -10.5. The van der Waals surface area contributed by atoms with Gasteiger partial charge in [0.25, 0.3) is 0 Å². The zero-order valence-electron chi connectivity index (χ0n) is 6.15. The van der Waals surface area contributed by atoms with Crippen LogP contribution in [0, 0.1) is 0 Å². The van der Waals surface area contributed by atoms with Gasteiger partial charge in [-0.15, -0.1) is 0 Å². The van der Waals surface area contributed by atoms with Gasteiger partial charge < -0.3 is 0 Å². The summed E-state index contributed by atoms with van der Waals surface area (Å²) in [6.07, 6.45) is -5.66. The maximum atomic E-state index is 12.0. The Kier molecular flexibility index (Phi) is 3.50. The summed E-state index contributed by atoms with van der Waals surface area (Å²) >= 11 is 0. The van der Waals surface area contributed by atoms with Crippen molar-refractivity contribution >= 4 is 0 Å². The summed E-state index contributed by atoms with van der Waals surface area (Å²) in [6, 6.07) is 0. The van der Waals surface area contributed by atoms with Crippen molar-refractivity contribution in [1.29, 1.82) is 0 Å². The van der Waals surface area contributed by atoms with Crippen molar-refractivity contribution in [2.75, 3.05) is 0 Å². The van der Waals surface area contributed by atoms with Crippen LogP contribution in [0.15, 0.2) is 23.3 Å². The van der Waals surface area contributed by atoms with Gasteiger partial charge in [0.2, 0.25) is 11.7 Å². The van der Waals surface area contributed by atoms with Crippen molar-refractivity contribution in [3.8, 4) is 0 Å². The lowest BCUT2D eigenvalue weighted by molar-refractivity contribution is -0.111. The third-order valence-electron chi connectivity index (χ3n) is 0.937. The second-order valence-corrected chi connectivity index (χ2v) is 1.97. The number of hydrogen-bond donors (Lipinski definition) is 0. The van der Waals surface area contributed by atoms with Gasteiger partial charge in [0, 0.05) is 0 Å². The van der Waals surface area contributed by atoms with E-state index in [1.54, 1.807) is 0 Å². The Balaban J connectivity index is 5.18. The van der Waals surface area contributed by atoms with E-state index in [9.17, 15) is 30.7 Å². The van der Waals surface area contributed by atoms with E-state index in [0.29, 0.717) is 6.92 Å². The highest BCUT2D eigenvalue weighted by molar-refractivity contribution is 5.25. The monoisotopic (exact) mass is 208 g/mol. The third-order valence-corrected chi connectivity index (χ3v) is 0.937. The Morgan fingerprint density at radius 1 is 0.846 bits per heavy atom. The maximum Gasteiger partial charge on any atom is 0.446 e. The zero-order valence-corrected chi connectivity index (χ0v) is 6.15. The molecular weight excluding hydrogens is 205 g/mol. The molecule has 0 rings (SSSR count). The van der Waals surface area contributed by atoms with Crippen LogP contribution in [0.4, 0.5) is 30.7 Å². The Bertz CT molecular complexity index is 253. The van der Waals surface area contributed by atoms with Crippen LogP contribution in [0.25, 0.3) is 0 Å². The molecular formula is C6H3F7. The summed E-state index contributed by atoms with van der Waals surface area (Å²) < 4.78 is 81.7. The molecule has 76 valence electrons. The first-order valence-electron chi connectivity index (χ1n) is 2.82. The normalized spacial score (nSPS) is 16.6. The van der Waals surface area contributed by atoms with Crippen LogP contribution in [0.3, 0.4) is 0 Å². The first kappa shape index (κ1) is 12.0. The van der Waals surface area contributed by atoms with Gasteiger partial charge in [0.05, 0.1) is 0 Å². The molecule has 0 unspecified atom stereocenters. The minimum absolute atomic E-state index is 0.360. The summed E-state index contributed by atoms with van der Waals surface area (Å²) in [7, 11) is 0. The van der Waals surface area contributed by atoms with Gasteiger partial charge in [-0.2, -0.15) is 17.6 Å². The molecule has 0 aromatic rings. The van der Waals surface area contributed by atoms with Gasteiger partial charge in [-0.25, -0.2) is 13.2 Å². The quantitative estimate of drug-likeness (QED) is 0.453. The summed E-state index contributed by atoms with van der Waals surface area (Å²) in [5.41, 5.74) is 0. The van der Waals surface area contributed by atoms with Gasteiger partial charge in [0.15, 0.2) is 5.83 Å². The van der Waals surface area contributed by atoms with Crippen molar-refractivity contribution in [2.45, 2.75) is 13.1 Å². The second kappa shape index (κ2) is 3.80. The molecule has 0 spiro atoms. The van der Waals surface area contributed by atoms with Crippen LogP contribution in [-0.4, -0.2) is 6.18 Å². The van der Waals surface area contributed by atoms with Crippen LogP contribution in [0.2, 0.25) is 0 Å². The van der Waals surface area contributed by atoms with Gasteiger partial charge in [-0.3, -0.25) is 0 Å². The molecule has 0 atom stereocenters. The number of rotatable bonds is 1. The molecule has 0 aliphatic carbocycles. The smallest absolute Gasteiger partial charge is 0.209 e. The van der Waals surface area contributed by atoms with Crippen molar-refractivity contribution in [2.24, 2.45) is 0 Å². The number of hydrogen-bond acceptors (Lipinski definition) is 0. The summed E-state index contributed by atoms with van der Waals surface area (Å²) in [4.78, 5) is 0. The molecule has 13 heavy (non-hydrogen) atoms. The average Bonchev–Trinajstić information content (AvgIpc) is 1.98. The van der Waals surface area contributed by atoms with Gasteiger partial charge in [0.1, 0.15) is 5.83 Å². The van der Waals surface area contributed by atoms with E-state index in [1.807, 2.05) is 0 Å². The Labute approximate surface area is 68.3 Å². The molecule has 0 aromatic carbocycles. The van der Waals surface area contributed by atoms with Crippen molar-refractivity contribution in [1.82, 2.24) is 0 Å². The number of allylic oxidation sites excluding steroid dienone is 4. The van der Waals surface area contributed by atoms with Crippen LogP contribution in [0.5, 0.6) is 0 Å². The highest BCUT2D eigenvalue weighted by atomic mass is 19.4. The molecule has 0 amide bonds. The van der Waals surface area contributed by atoms with E-state index in [2.05, 4.69) is 0 Å². The third kappa shape index (κ3) is 3.08. The van der Waals surface area contributed by atoms with Crippen LogP contribution < -0.4 is 0 Å². The largest absolute Gasteiger partial charge is 0.446 e. The lowest BCUT2D eigenvalue weighted by Gasteiger charge is -2.03. The zero-order chi connectivity index (χ0) is 10.8. The van der Waals surface area contributed by atoms with E-state index in [1.165, 1.54) is 0 Å². The van der Waals surface area contributed by atoms with Crippen LogP contribution in [-0.2, 0) is 0 Å². The molecule has 0 aliphatic heterocycles. The first-order valence-corrected chi connectivity index (χ1v) is 2.82. The minimum atomic E-state index is -5.66. The SMILES string of the molecule is CC(F)=C(F)C(F)=C(F)C(F)(F)F. The lowest BCUT2D eigenvalue weighted by Crippen LogP contribution is -2.09. The first-order chi connectivity index (χ1) is 5.68. The molecule has 0 aliphatic rings. The molecule has 0 radical (unpaired) electrons. The highest BCUT2D eigenvalue weighted by Crippen LogP contribution is 2.33. The van der Waals surface area contributed by atoms with E-state index in [-0.39, 0.29) is 0 Å². The predicted octanol–water partition coefficient (Wildman–Crippen LogP) is 3.87. The molecule has 0 nitrogen and oxygen atoms in total. The molecule has 0 saturated carbocycles. The van der Waals surface area contributed by atoms with Gasteiger partial charge in [-0.1, -0.05) is 0 Å². The summed E-state index contributed by atoms with van der Waals surface area (Å²) in [5, 5.41) is 0. The van der Waals surface area contributed by atoms with E-state index in [0.717, 1.165) is 0 Å². The van der Waals surface area contributed by atoms with Crippen molar-refractivity contribution < 1.29 is 30.7 Å². The number of halogens is 7. The van der Waals surface area contributed by atoms with Crippen LogP contribution in [0.1, 0.15) is 6.92 Å². The van der Waals surface area contributed by atoms with E-state index in [4.69, 9.17) is 0 Å². The van der Waals surface area contributed by atoms with E-state index < -0.39 is 29.5 Å². The Hall–Kier alpha value is -1.01. The molecule has 7 heteroatoms. The predicted molar refractivity (Wildman–Crippen MR) is 30.2 cm³/mol. The second-order valence-electron chi connectivity index (χ2n) is 1.97. The fourth-order valence-corrected chi connectivity index (χ4v) is 0.372. The highest BCUT2D eigenvalue weighted by Gasteiger charge is 2.39. The molecule has 0 fully saturated rings. The summed E-state index contributed by atoms with van der Waals surface area (Å²) in [6.45, 7) is 0.360. The topological polar surface area (TPSA) is 0 Å². The molecule has 0 heterocycles. The van der Waals surface area contributed by atoms with Crippen molar-refractivity contribution in [3.63, 3.8) is 0 Å². The lowest BCUT2D eigenvalue weighted by atomic mass is 10.3. The Morgan fingerprint density at radius 2 is 1.23 bits per heavy atom. The molecule has 0 aromatic heterocycles. The molecule has 0 saturated heterocycles. The van der Waals surface area contributed by atoms with Gasteiger partial charge >= 0.3 is 6.18 Å². The fourth-order valence-electron chi connectivity index (χ4n) is 0.372. The molecule has 0 N–H and O–H groups in total. The van der Waals surface area contributed by atoms with E-state index >= 15 is 0 Å². The number of alkyl halides is 3. The Morgan fingerprint density at radius 3 is 1.46 bits per heavy atom. The average molecular weight is 208 g/mol. The fraction of sp³-hybridized carbons (Fsp3) is 0.333. The maximum absolute atomic E-state index is 12.0. The van der Waals surface area contributed by atoms with Crippen LogP contribution >= 0.6 is 0 Å². The van der Waals surface area contributed by atoms with Gasteiger partial charge in [-0.05, 0) is 6.92 Å². The standard InChI is InChI=1S/C6H3F7/c1-2(7)3(8)4(9)5(10)6(11,12)13/h1H3.